The molecular weight excluding hydrogens is 514 g/mol. The molecule has 0 unspecified atom stereocenters. The summed E-state index contributed by atoms with van der Waals surface area (Å²) < 4.78 is 0. The molecule has 2 heterocycles. The number of aromatic hydroxyl groups is 1. The third-order valence-electron chi connectivity index (χ3n) is 8.93. The molecule has 2 fully saturated rings. The molecule has 6 rings (SSSR count). The van der Waals surface area contributed by atoms with Gasteiger partial charge in [-0.2, -0.15) is 0 Å². The number of nitrogens with two attached hydrogens (primary N) is 1. The van der Waals surface area contributed by atoms with Crippen molar-refractivity contribution in [2.75, 3.05) is 13.1 Å². The van der Waals surface area contributed by atoms with Gasteiger partial charge in [-0.05, 0) is 68.5 Å². The van der Waals surface area contributed by atoms with E-state index in [1.54, 1.807) is 12.3 Å². The number of Topliss-reactive ketones (excluding diaryl/α,β-unsaturated/α-hetero) is 2. The van der Waals surface area contributed by atoms with E-state index in [2.05, 4.69) is 9.88 Å². The minimum atomic E-state index is -2.58. The number of likely N-dealkylation sites (tertiary alicyclic amines) is 1. The summed E-state index contributed by atoms with van der Waals surface area (Å²) in [5, 5.41) is 45.4. The Balaban J connectivity index is 1.53. The molecule has 10 heteroatoms. The van der Waals surface area contributed by atoms with E-state index in [4.69, 9.17) is 5.73 Å². The predicted molar refractivity (Wildman–Crippen MR) is 144 cm³/mol. The lowest BCUT2D eigenvalue weighted by atomic mass is 9.59. The smallest absolute Gasteiger partial charge is 0.255 e. The van der Waals surface area contributed by atoms with Crippen LogP contribution in [-0.4, -0.2) is 66.5 Å². The fraction of sp³-hybridized carbons (Fsp3) is 0.400. The maximum Gasteiger partial charge on any atom is 0.255 e. The Bertz CT molecular complexity index is 1510. The Hall–Kier alpha value is -4.02. The number of phenols is 1. The second-order valence-electron chi connectivity index (χ2n) is 11.2. The zero-order chi connectivity index (χ0) is 28.3. The molecule has 2 aromatic rings. The summed E-state index contributed by atoms with van der Waals surface area (Å²) in [6.45, 7) is 2.20. The van der Waals surface area contributed by atoms with Crippen molar-refractivity contribution in [2.45, 2.75) is 50.7 Å². The van der Waals surface area contributed by atoms with Crippen LogP contribution in [0.1, 0.15) is 48.8 Å². The molecule has 1 saturated heterocycles. The number of rotatable bonds is 4. The minimum absolute atomic E-state index is 0.0842. The standard InChI is InChI=1S/C30H31N3O7/c31-29(39)24-21(34)13-17-10-15-11-19-18(20-6-2-3-7-32-20)12-16(14-33-8-4-1-5-9-33)25(35)23(19)26(36)22(15)27(37)30(17,40)28(24)38/h2-3,6-7,12,15,17,35-36,38,40H,1,4-5,8-11,13-14H2,(H2,31,39)/t15-,17+,30+/m1/s1. The van der Waals surface area contributed by atoms with Gasteiger partial charge in [-0.3, -0.25) is 24.3 Å². The van der Waals surface area contributed by atoms with Crippen LogP contribution in [0.2, 0.25) is 0 Å². The second-order valence-corrected chi connectivity index (χ2v) is 11.2. The van der Waals surface area contributed by atoms with Crippen molar-refractivity contribution in [3.8, 4) is 17.0 Å². The van der Waals surface area contributed by atoms with Crippen molar-refractivity contribution in [3.05, 3.63) is 64.1 Å². The number of hydrogen-bond acceptors (Lipinski definition) is 9. The highest BCUT2D eigenvalue weighted by Gasteiger charge is 2.60. The molecule has 1 aromatic heterocycles. The summed E-state index contributed by atoms with van der Waals surface area (Å²) in [5.74, 6) is -6.30. The lowest BCUT2D eigenvalue weighted by Gasteiger charge is -2.46. The van der Waals surface area contributed by atoms with E-state index in [9.17, 15) is 34.8 Å². The van der Waals surface area contributed by atoms with Crippen LogP contribution < -0.4 is 5.73 Å². The van der Waals surface area contributed by atoms with E-state index in [1.165, 1.54) is 0 Å². The zero-order valence-corrected chi connectivity index (χ0v) is 21.9. The van der Waals surface area contributed by atoms with Gasteiger partial charge >= 0.3 is 0 Å². The molecule has 1 aromatic carbocycles. The van der Waals surface area contributed by atoms with E-state index in [0.29, 0.717) is 23.4 Å². The summed E-state index contributed by atoms with van der Waals surface area (Å²) in [7, 11) is 0. The monoisotopic (exact) mass is 545 g/mol. The molecule has 6 N–H and O–H groups in total. The highest BCUT2D eigenvalue weighted by Crippen LogP contribution is 2.53. The molecule has 4 aliphatic rings. The Kier molecular flexibility index (Phi) is 6.27. The number of phenolic OH excluding ortho intramolecular Hbond substituents is 1. The van der Waals surface area contributed by atoms with Crippen molar-refractivity contribution in [1.82, 2.24) is 9.88 Å². The topological polar surface area (TPSA) is 174 Å². The number of benzene rings is 1. The number of hydrogen-bond donors (Lipinski definition) is 5. The third kappa shape index (κ3) is 3.85. The van der Waals surface area contributed by atoms with Gasteiger partial charge in [-0.15, -0.1) is 0 Å². The number of piperidine rings is 1. The first-order chi connectivity index (χ1) is 19.1. The van der Waals surface area contributed by atoms with E-state index in [-0.39, 0.29) is 36.1 Å². The summed E-state index contributed by atoms with van der Waals surface area (Å²) in [4.78, 5) is 45.1. The fourth-order valence-corrected chi connectivity index (χ4v) is 6.97. The molecule has 1 saturated carbocycles. The number of fused-ring (bicyclic) bond motifs is 3. The number of pyridine rings is 1. The first-order valence-corrected chi connectivity index (χ1v) is 13.6. The summed E-state index contributed by atoms with van der Waals surface area (Å²) in [6, 6.07) is 7.37. The van der Waals surface area contributed by atoms with Gasteiger partial charge in [-0.1, -0.05) is 12.5 Å². The van der Waals surface area contributed by atoms with Gasteiger partial charge in [0, 0.05) is 41.8 Å². The van der Waals surface area contributed by atoms with Crippen molar-refractivity contribution in [2.24, 2.45) is 17.6 Å². The van der Waals surface area contributed by atoms with Crippen LogP contribution in [0.5, 0.6) is 5.75 Å². The van der Waals surface area contributed by atoms with E-state index in [0.717, 1.165) is 37.9 Å². The SMILES string of the molecule is NC(=O)C1=C(O)[C@@]2(O)C(=O)C3=C(O)c4c(O)c(CN5CCCCC5)cc(-c5ccccn5)c4C[C@H]3C[C@H]2CC1=O. The Morgan fingerprint density at radius 3 is 2.52 bits per heavy atom. The number of ketones is 2. The zero-order valence-electron chi connectivity index (χ0n) is 21.9. The normalized spacial score (nSPS) is 26.8. The van der Waals surface area contributed by atoms with Crippen molar-refractivity contribution < 1.29 is 34.8 Å². The maximum atomic E-state index is 13.9. The van der Waals surface area contributed by atoms with Crippen molar-refractivity contribution >= 4 is 23.2 Å². The second kappa shape index (κ2) is 9.57. The highest BCUT2D eigenvalue weighted by atomic mass is 16.3. The first kappa shape index (κ1) is 26.2. The largest absolute Gasteiger partial charge is 0.508 e. The lowest BCUT2D eigenvalue weighted by Crippen LogP contribution is -2.58. The molecule has 0 spiro atoms. The average molecular weight is 546 g/mol. The number of amides is 1. The summed E-state index contributed by atoms with van der Waals surface area (Å²) >= 11 is 0. The van der Waals surface area contributed by atoms with Crippen LogP contribution in [0.25, 0.3) is 17.0 Å². The predicted octanol–water partition coefficient (Wildman–Crippen LogP) is 2.47. The summed E-state index contributed by atoms with van der Waals surface area (Å²) in [5.41, 5.74) is 4.41. The van der Waals surface area contributed by atoms with Crippen molar-refractivity contribution in [1.29, 1.82) is 0 Å². The quantitative estimate of drug-likeness (QED) is 0.362. The average Bonchev–Trinajstić information content (AvgIpc) is 2.93. The van der Waals surface area contributed by atoms with Gasteiger partial charge in [-0.25, -0.2) is 0 Å². The van der Waals surface area contributed by atoms with Crippen LogP contribution >= 0.6 is 0 Å². The van der Waals surface area contributed by atoms with Crippen LogP contribution in [0.15, 0.2) is 47.4 Å². The highest BCUT2D eigenvalue weighted by molar-refractivity contribution is 6.22. The van der Waals surface area contributed by atoms with Crippen molar-refractivity contribution in [3.63, 3.8) is 0 Å². The Labute approximate surface area is 230 Å². The number of primary amides is 1. The molecule has 1 aliphatic heterocycles. The van der Waals surface area contributed by atoms with Crippen LogP contribution in [0.4, 0.5) is 0 Å². The molecule has 10 nitrogen and oxygen atoms in total. The fourth-order valence-electron chi connectivity index (χ4n) is 6.97. The third-order valence-corrected chi connectivity index (χ3v) is 8.93. The van der Waals surface area contributed by atoms with Gasteiger partial charge in [0.1, 0.15) is 22.8 Å². The van der Waals surface area contributed by atoms with Crippen LogP contribution in [0.3, 0.4) is 0 Å². The van der Waals surface area contributed by atoms with Gasteiger partial charge in [0.05, 0.1) is 11.3 Å². The molecule has 3 atom stereocenters. The molecule has 208 valence electrons. The number of aromatic nitrogens is 1. The van der Waals surface area contributed by atoms with Crippen LogP contribution in [-0.2, 0) is 27.3 Å². The maximum absolute atomic E-state index is 13.9. The molecule has 0 bridgehead atoms. The van der Waals surface area contributed by atoms with E-state index in [1.807, 2.05) is 18.2 Å². The number of carbonyl (C=O) groups excluding carboxylic acids is 3. The van der Waals surface area contributed by atoms with E-state index >= 15 is 0 Å². The minimum Gasteiger partial charge on any atom is -0.508 e. The Morgan fingerprint density at radius 1 is 1.10 bits per heavy atom. The van der Waals surface area contributed by atoms with Gasteiger partial charge in [0.15, 0.2) is 11.4 Å². The molecule has 3 aliphatic carbocycles. The van der Waals surface area contributed by atoms with E-state index < -0.39 is 52.0 Å². The van der Waals surface area contributed by atoms with Crippen LogP contribution in [0, 0.1) is 11.8 Å². The number of nitrogens with zero attached hydrogens (tertiary/aromatic N) is 2. The number of aliphatic hydroxyl groups is 3. The van der Waals surface area contributed by atoms with Gasteiger partial charge < -0.3 is 26.2 Å². The molecular formula is C30H31N3O7. The van der Waals surface area contributed by atoms with Gasteiger partial charge in [0.2, 0.25) is 5.78 Å². The number of aliphatic hydroxyl groups excluding tert-OH is 2. The molecule has 40 heavy (non-hydrogen) atoms. The summed E-state index contributed by atoms with van der Waals surface area (Å²) in [6.07, 6.45) is 4.88. The first-order valence-electron chi connectivity index (χ1n) is 13.6. The molecule has 0 radical (unpaired) electrons. The van der Waals surface area contributed by atoms with Gasteiger partial charge in [0.25, 0.3) is 5.91 Å². The number of carbonyl (C=O) groups is 3. The lowest BCUT2D eigenvalue weighted by molar-refractivity contribution is -0.147. The molecule has 1 amide bonds. The Morgan fingerprint density at radius 2 is 1.85 bits per heavy atom.